The number of hydrogen-bond donors (Lipinski definition) is 0. The van der Waals surface area contributed by atoms with Crippen molar-refractivity contribution in [3.8, 4) is 16.9 Å². The molecule has 0 amide bonds. The molecule has 0 bridgehead atoms. The Morgan fingerprint density at radius 2 is 1.65 bits per heavy atom. The molecule has 0 unspecified atom stereocenters. The van der Waals surface area contributed by atoms with Gasteiger partial charge in [0.05, 0.1) is 5.56 Å². The van der Waals surface area contributed by atoms with Gasteiger partial charge in [-0.25, -0.2) is 17.9 Å². The molecule has 7 heteroatoms. The maximum Gasteiger partial charge on any atom is 0.155 e. The average Bonchev–Trinajstić information content (AvgIpc) is 2.87. The maximum absolute atomic E-state index is 13.9. The van der Waals surface area contributed by atoms with E-state index in [9.17, 15) is 18.0 Å². The second-order valence-electron chi connectivity index (χ2n) is 4.69. The molecule has 0 spiro atoms. The second-order valence-corrected chi connectivity index (χ2v) is 5.44. The molecule has 0 aliphatic heterocycles. The Hall–Kier alpha value is -2.41. The number of aldehydes is 1. The highest BCUT2D eigenvalue weighted by molar-refractivity contribution is 9.10. The van der Waals surface area contributed by atoms with E-state index in [1.54, 1.807) is 0 Å². The predicted octanol–water partition coefficient (Wildman–Crippen LogP) is 4.53. The van der Waals surface area contributed by atoms with Crippen molar-refractivity contribution >= 4 is 22.2 Å². The molecular weight excluding hydrogens is 373 g/mol. The van der Waals surface area contributed by atoms with Crippen molar-refractivity contribution in [1.82, 2.24) is 9.78 Å². The topological polar surface area (TPSA) is 34.9 Å². The van der Waals surface area contributed by atoms with E-state index in [4.69, 9.17) is 0 Å². The summed E-state index contributed by atoms with van der Waals surface area (Å²) < 4.78 is 41.6. The van der Waals surface area contributed by atoms with E-state index in [2.05, 4.69) is 21.0 Å². The molecular formula is C16H8BrF3N2O. The van der Waals surface area contributed by atoms with E-state index >= 15 is 0 Å². The van der Waals surface area contributed by atoms with Gasteiger partial charge in [-0.15, -0.1) is 0 Å². The molecule has 0 aliphatic carbocycles. The van der Waals surface area contributed by atoms with E-state index < -0.39 is 17.5 Å². The Morgan fingerprint density at radius 3 is 2.30 bits per heavy atom. The number of aromatic nitrogens is 2. The van der Waals surface area contributed by atoms with Gasteiger partial charge < -0.3 is 0 Å². The van der Waals surface area contributed by atoms with Gasteiger partial charge in [-0.2, -0.15) is 5.10 Å². The summed E-state index contributed by atoms with van der Waals surface area (Å²) in [6, 6.07) is 8.26. The van der Waals surface area contributed by atoms with Crippen LogP contribution in [0.3, 0.4) is 0 Å². The Kier molecular flexibility index (Phi) is 4.04. The van der Waals surface area contributed by atoms with Crippen LogP contribution in [-0.4, -0.2) is 16.1 Å². The number of benzene rings is 2. The number of hydrogen-bond acceptors (Lipinski definition) is 2. The number of carbonyl (C=O) groups is 1. The maximum atomic E-state index is 13.9. The minimum Gasteiger partial charge on any atom is -0.298 e. The van der Waals surface area contributed by atoms with Gasteiger partial charge in [0.1, 0.15) is 33.4 Å². The summed E-state index contributed by atoms with van der Waals surface area (Å²) in [7, 11) is 0. The fourth-order valence-corrected chi connectivity index (χ4v) is 2.69. The first kappa shape index (κ1) is 15.5. The first-order chi connectivity index (χ1) is 11.0. The lowest BCUT2D eigenvalue weighted by molar-refractivity contribution is 0.112. The van der Waals surface area contributed by atoms with Crippen LogP contribution >= 0.6 is 15.9 Å². The van der Waals surface area contributed by atoms with Crippen molar-refractivity contribution in [2.45, 2.75) is 0 Å². The normalized spacial score (nSPS) is 10.8. The summed E-state index contributed by atoms with van der Waals surface area (Å²) in [6.45, 7) is 0. The van der Waals surface area contributed by atoms with Crippen LogP contribution < -0.4 is 0 Å². The summed E-state index contributed by atoms with van der Waals surface area (Å²) >= 11 is 3.18. The van der Waals surface area contributed by atoms with E-state index in [0.717, 1.165) is 22.9 Å². The molecule has 23 heavy (non-hydrogen) atoms. The van der Waals surface area contributed by atoms with E-state index in [1.165, 1.54) is 24.3 Å². The highest BCUT2D eigenvalue weighted by atomic mass is 79.9. The zero-order valence-corrected chi connectivity index (χ0v) is 13.0. The Labute approximate surface area is 137 Å². The van der Waals surface area contributed by atoms with Gasteiger partial charge in [-0.3, -0.25) is 4.79 Å². The highest BCUT2D eigenvalue weighted by Gasteiger charge is 2.20. The summed E-state index contributed by atoms with van der Waals surface area (Å²) in [4.78, 5) is 11.4. The molecule has 0 atom stereocenters. The molecule has 3 aromatic rings. The van der Waals surface area contributed by atoms with Crippen molar-refractivity contribution in [2.24, 2.45) is 0 Å². The van der Waals surface area contributed by atoms with E-state index in [1.807, 2.05) is 0 Å². The third-order valence-corrected chi connectivity index (χ3v) is 4.00. The molecule has 3 nitrogen and oxygen atoms in total. The van der Waals surface area contributed by atoms with Gasteiger partial charge >= 0.3 is 0 Å². The Morgan fingerprint density at radius 1 is 1.00 bits per heavy atom. The quantitative estimate of drug-likeness (QED) is 0.625. The van der Waals surface area contributed by atoms with Gasteiger partial charge in [0.15, 0.2) is 6.29 Å². The minimum absolute atomic E-state index is 0.145. The molecule has 0 aliphatic rings. The van der Waals surface area contributed by atoms with Crippen molar-refractivity contribution in [2.75, 3.05) is 0 Å². The van der Waals surface area contributed by atoms with Gasteiger partial charge in [-0.05, 0) is 52.3 Å². The monoisotopic (exact) mass is 380 g/mol. The molecule has 116 valence electrons. The van der Waals surface area contributed by atoms with Crippen LogP contribution in [0.15, 0.2) is 47.1 Å². The summed E-state index contributed by atoms with van der Waals surface area (Å²) in [5, 5.41) is 4.16. The van der Waals surface area contributed by atoms with Crippen LogP contribution in [0.1, 0.15) is 10.4 Å². The Bertz CT molecular complexity index is 891. The number of halogens is 4. The molecule has 0 radical (unpaired) electrons. The number of carbonyl (C=O) groups excluding carboxylic acids is 1. The van der Waals surface area contributed by atoms with E-state index in [-0.39, 0.29) is 21.5 Å². The second kappa shape index (κ2) is 6.00. The van der Waals surface area contributed by atoms with Crippen molar-refractivity contribution in [3.63, 3.8) is 0 Å². The largest absolute Gasteiger partial charge is 0.298 e. The third-order valence-electron chi connectivity index (χ3n) is 3.24. The van der Waals surface area contributed by atoms with Gasteiger partial charge in [0, 0.05) is 11.6 Å². The van der Waals surface area contributed by atoms with E-state index in [0.29, 0.717) is 11.8 Å². The van der Waals surface area contributed by atoms with Crippen molar-refractivity contribution in [3.05, 3.63) is 70.1 Å². The SMILES string of the molecule is O=Cc1c(-c2ccc(F)cc2)nn(-c2cc(F)ccc2F)c1Br. The van der Waals surface area contributed by atoms with Gasteiger partial charge in [-0.1, -0.05) is 0 Å². The van der Waals surface area contributed by atoms with Crippen LogP contribution in [-0.2, 0) is 0 Å². The fraction of sp³-hybridized carbons (Fsp3) is 0. The molecule has 1 aromatic heterocycles. The lowest BCUT2D eigenvalue weighted by atomic mass is 10.1. The standard InChI is InChI=1S/C16H8BrF3N2O/c17-16-12(8-23)15(9-1-3-10(18)4-2-9)21-22(16)14-7-11(19)5-6-13(14)20/h1-8H. The zero-order chi connectivity index (χ0) is 16.6. The number of nitrogens with zero attached hydrogens (tertiary/aromatic N) is 2. The summed E-state index contributed by atoms with van der Waals surface area (Å²) in [5.41, 5.74) is 0.717. The molecule has 0 fully saturated rings. The number of rotatable bonds is 3. The molecule has 3 rings (SSSR count). The zero-order valence-electron chi connectivity index (χ0n) is 11.4. The lowest BCUT2D eigenvalue weighted by Gasteiger charge is -2.04. The minimum atomic E-state index is -0.697. The van der Waals surface area contributed by atoms with Crippen LogP contribution in [0.4, 0.5) is 13.2 Å². The van der Waals surface area contributed by atoms with Crippen LogP contribution in [0.25, 0.3) is 16.9 Å². The molecule has 0 saturated heterocycles. The van der Waals surface area contributed by atoms with Crippen LogP contribution in [0.5, 0.6) is 0 Å². The third kappa shape index (κ3) is 2.79. The first-order valence-electron chi connectivity index (χ1n) is 6.46. The molecule has 0 saturated carbocycles. The van der Waals surface area contributed by atoms with Gasteiger partial charge in [0.2, 0.25) is 0 Å². The fourth-order valence-electron chi connectivity index (χ4n) is 2.14. The van der Waals surface area contributed by atoms with Crippen molar-refractivity contribution < 1.29 is 18.0 Å². The van der Waals surface area contributed by atoms with Crippen LogP contribution in [0.2, 0.25) is 0 Å². The van der Waals surface area contributed by atoms with Gasteiger partial charge in [0.25, 0.3) is 0 Å². The van der Waals surface area contributed by atoms with Crippen LogP contribution in [0, 0.1) is 17.5 Å². The summed E-state index contributed by atoms with van der Waals surface area (Å²) in [5.74, 6) is -1.77. The van der Waals surface area contributed by atoms with Crippen molar-refractivity contribution in [1.29, 1.82) is 0 Å². The molecule has 1 heterocycles. The first-order valence-corrected chi connectivity index (χ1v) is 7.25. The molecule has 2 aromatic carbocycles. The molecule has 0 N–H and O–H groups in total. The summed E-state index contributed by atoms with van der Waals surface area (Å²) in [6.07, 6.45) is 0.545. The Balaban J connectivity index is 2.22. The highest BCUT2D eigenvalue weighted by Crippen LogP contribution is 2.31. The predicted molar refractivity (Wildman–Crippen MR) is 82.0 cm³/mol. The lowest BCUT2D eigenvalue weighted by Crippen LogP contribution is -2.01. The average molecular weight is 381 g/mol. The smallest absolute Gasteiger partial charge is 0.155 e.